The van der Waals surface area contributed by atoms with Crippen molar-refractivity contribution in [3.8, 4) is 5.75 Å². The van der Waals surface area contributed by atoms with Crippen LogP contribution in [0, 0.1) is 5.82 Å². The number of Topliss-reactive ketones (excluding diaryl/α,β-unsaturated/α-hetero) is 1. The van der Waals surface area contributed by atoms with E-state index in [1.54, 1.807) is 12.5 Å². The van der Waals surface area contributed by atoms with Gasteiger partial charge in [0.25, 0.3) is 0 Å². The van der Waals surface area contributed by atoms with Crippen LogP contribution < -0.4 is 4.74 Å². The molecule has 0 radical (unpaired) electrons. The van der Waals surface area contributed by atoms with Gasteiger partial charge in [-0.05, 0) is 32.0 Å². The molecular weight excluding hydrogens is 247 g/mol. The third kappa shape index (κ3) is 2.99. The highest BCUT2D eigenvalue weighted by molar-refractivity contribution is 5.96. The van der Waals surface area contributed by atoms with Crippen molar-refractivity contribution in [1.82, 2.24) is 9.55 Å². The zero-order chi connectivity index (χ0) is 13.8. The summed E-state index contributed by atoms with van der Waals surface area (Å²) < 4.78 is 20.7. The van der Waals surface area contributed by atoms with Gasteiger partial charge in [0, 0.05) is 6.54 Å². The number of carbonyl (C=O) groups is 1. The van der Waals surface area contributed by atoms with Crippen molar-refractivity contribution in [2.45, 2.75) is 27.0 Å². The van der Waals surface area contributed by atoms with E-state index in [1.165, 1.54) is 25.1 Å². The standard InChI is InChI=1S/C14H15FN2O2/c1-3-17-9-16-7-12(17)8-19-14-5-4-11(15)6-13(14)10(2)18/h4-7,9H,3,8H2,1-2H3. The van der Waals surface area contributed by atoms with Gasteiger partial charge in [-0.2, -0.15) is 0 Å². The van der Waals surface area contributed by atoms with Crippen LogP contribution >= 0.6 is 0 Å². The Bertz CT molecular complexity index is 593. The Hall–Kier alpha value is -2.17. The lowest BCUT2D eigenvalue weighted by atomic mass is 10.1. The molecule has 1 heterocycles. The Balaban J connectivity index is 2.18. The Morgan fingerprint density at radius 3 is 2.95 bits per heavy atom. The van der Waals surface area contributed by atoms with Crippen LogP contribution in [0.25, 0.3) is 0 Å². The molecule has 0 atom stereocenters. The van der Waals surface area contributed by atoms with E-state index in [0.29, 0.717) is 12.4 Å². The van der Waals surface area contributed by atoms with E-state index in [9.17, 15) is 9.18 Å². The molecule has 2 rings (SSSR count). The number of imidazole rings is 1. The lowest BCUT2D eigenvalue weighted by Gasteiger charge is -2.10. The minimum absolute atomic E-state index is 0.224. The molecule has 1 aromatic heterocycles. The van der Waals surface area contributed by atoms with E-state index < -0.39 is 5.82 Å². The second kappa shape index (κ2) is 5.65. The maximum atomic E-state index is 13.1. The second-order valence-corrected chi connectivity index (χ2v) is 4.16. The molecule has 2 aromatic rings. The van der Waals surface area contributed by atoms with Crippen LogP contribution in [0.3, 0.4) is 0 Å². The lowest BCUT2D eigenvalue weighted by molar-refractivity contribution is 0.101. The fraction of sp³-hybridized carbons (Fsp3) is 0.286. The number of ketones is 1. The number of rotatable bonds is 5. The number of hydrogen-bond acceptors (Lipinski definition) is 3. The summed E-state index contributed by atoms with van der Waals surface area (Å²) in [4.78, 5) is 15.5. The second-order valence-electron chi connectivity index (χ2n) is 4.16. The molecule has 100 valence electrons. The molecule has 0 bridgehead atoms. The molecule has 0 spiro atoms. The van der Waals surface area contributed by atoms with Crippen molar-refractivity contribution < 1.29 is 13.9 Å². The van der Waals surface area contributed by atoms with E-state index >= 15 is 0 Å². The Morgan fingerprint density at radius 2 is 2.26 bits per heavy atom. The molecule has 0 unspecified atom stereocenters. The highest BCUT2D eigenvalue weighted by Crippen LogP contribution is 2.21. The summed E-state index contributed by atoms with van der Waals surface area (Å²) in [6.45, 7) is 4.48. The molecule has 0 saturated heterocycles. The first-order valence-corrected chi connectivity index (χ1v) is 6.04. The molecule has 0 saturated carbocycles. The zero-order valence-electron chi connectivity index (χ0n) is 10.9. The molecule has 4 nitrogen and oxygen atoms in total. The first kappa shape index (κ1) is 13.3. The summed E-state index contributed by atoms with van der Waals surface area (Å²) >= 11 is 0. The summed E-state index contributed by atoms with van der Waals surface area (Å²) in [5.74, 6) is -0.285. The molecule has 0 N–H and O–H groups in total. The fourth-order valence-electron chi connectivity index (χ4n) is 1.81. The summed E-state index contributed by atoms with van der Waals surface area (Å²) in [5, 5.41) is 0. The maximum Gasteiger partial charge on any atom is 0.163 e. The van der Waals surface area contributed by atoms with Gasteiger partial charge in [0.15, 0.2) is 5.78 Å². The van der Waals surface area contributed by atoms with Gasteiger partial charge in [-0.1, -0.05) is 0 Å². The maximum absolute atomic E-state index is 13.1. The van der Waals surface area contributed by atoms with Crippen molar-refractivity contribution >= 4 is 5.78 Å². The van der Waals surface area contributed by atoms with Crippen molar-refractivity contribution in [3.05, 3.63) is 47.8 Å². The largest absolute Gasteiger partial charge is 0.487 e. The number of carbonyl (C=O) groups excluding carboxylic acids is 1. The molecule has 0 aliphatic carbocycles. The van der Waals surface area contributed by atoms with Gasteiger partial charge < -0.3 is 9.30 Å². The third-order valence-corrected chi connectivity index (χ3v) is 2.84. The van der Waals surface area contributed by atoms with Gasteiger partial charge in [0.2, 0.25) is 0 Å². The highest BCUT2D eigenvalue weighted by Gasteiger charge is 2.11. The van der Waals surface area contributed by atoms with Crippen molar-refractivity contribution in [2.75, 3.05) is 0 Å². The van der Waals surface area contributed by atoms with Crippen LogP contribution in [0.2, 0.25) is 0 Å². The molecule has 5 heteroatoms. The Morgan fingerprint density at radius 1 is 1.47 bits per heavy atom. The first-order valence-electron chi connectivity index (χ1n) is 6.04. The highest BCUT2D eigenvalue weighted by atomic mass is 19.1. The van der Waals surface area contributed by atoms with Gasteiger partial charge in [0.1, 0.15) is 18.2 Å². The molecule has 0 amide bonds. The van der Waals surface area contributed by atoms with Crippen molar-refractivity contribution in [1.29, 1.82) is 0 Å². The van der Waals surface area contributed by atoms with Gasteiger partial charge in [-0.15, -0.1) is 0 Å². The first-order chi connectivity index (χ1) is 9.11. The van der Waals surface area contributed by atoms with Gasteiger partial charge in [-0.3, -0.25) is 4.79 Å². The summed E-state index contributed by atoms with van der Waals surface area (Å²) in [7, 11) is 0. The average Bonchev–Trinajstić information content (AvgIpc) is 2.84. The van der Waals surface area contributed by atoms with Crippen LogP contribution in [0.15, 0.2) is 30.7 Å². The lowest BCUT2D eigenvalue weighted by Crippen LogP contribution is -2.06. The smallest absolute Gasteiger partial charge is 0.163 e. The number of hydrogen-bond donors (Lipinski definition) is 0. The predicted molar refractivity (Wildman–Crippen MR) is 68.6 cm³/mol. The monoisotopic (exact) mass is 262 g/mol. The zero-order valence-corrected chi connectivity index (χ0v) is 10.9. The summed E-state index contributed by atoms with van der Waals surface area (Å²) in [6, 6.07) is 3.94. The quantitative estimate of drug-likeness (QED) is 0.778. The van der Waals surface area contributed by atoms with E-state index in [-0.39, 0.29) is 11.3 Å². The molecule has 0 fully saturated rings. The van der Waals surface area contributed by atoms with Crippen LogP contribution in [-0.4, -0.2) is 15.3 Å². The molecule has 1 aromatic carbocycles. The number of aromatic nitrogens is 2. The third-order valence-electron chi connectivity index (χ3n) is 2.84. The van der Waals surface area contributed by atoms with E-state index in [4.69, 9.17) is 4.74 Å². The van der Waals surface area contributed by atoms with Crippen molar-refractivity contribution in [3.63, 3.8) is 0 Å². The predicted octanol–water partition coefficient (Wildman–Crippen LogP) is 2.82. The number of ether oxygens (including phenoxy) is 1. The number of nitrogens with zero attached hydrogens (tertiary/aromatic N) is 2. The van der Waals surface area contributed by atoms with E-state index in [0.717, 1.165) is 12.2 Å². The SMILES string of the molecule is CCn1cncc1COc1ccc(F)cc1C(C)=O. The topological polar surface area (TPSA) is 44.1 Å². The average molecular weight is 262 g/mol. The molecular formula is C14H15FN2O2. The van der Waals surface area contributed by atoms with E-state index in [2.05, 4.69) is 4.98 Å². The molecule has 19 heavy (non-hydrogen) atoms. The fourth-order valence-corrected chi connectivity index (χ4v) is 1.81. The minimum Gasteiger partial charge on any atom is -0.487 e. The van der Waals surface area contributed by atoms with Gasteiger partial charge in [-0.25, -0.2) is 9.37 Å². The van der Waals surface area contributed by atoms with Crippen LogP contribution in [0.1, 0.15) is 29.9 Å². The summed E-state index contributed by atoms with van der Waals surface area (Å²) in [5.41, 5.74) is 1.16. The van der Waals surface area contributed by atoms with Crippen LogP contribution in [0.4, 0.5) is 4.39 Å². The van der Waals surface area contributed by atoms with Gasteiger partial charge in [0.05, 0.1) is 23.8 Å². The van der Waals surface area contributed by atoms with E-state index in [1.807, 2.05) is 11.5 Å². The normalized spacial score (nSPS) is 10.5. The minimum atomic E-state index is -0.448. The van der Waals surface area contributed by atoms with Crippen LogP contribution in [-0.2, 0) is 13.2 Å². The van der Waals surface area contributed by atoms with Gasteiger partial charge >= 0.3 is 0 Å². The van der Waals surface area contributed by atoms with Crippen molar-refractivity contribution in [2.24, 2.45) is 0 Å². The molecule has 0 aliphatic rings. The summed E-state index contributed by atoms with van der Waals surface area (Å²) in [6.07, 6.45) is 3.43. The number of halogens is 1. The molecule has 0 aliphatic heterocycles. The Kier molecular flexibility index (Phi) is 3.94. The van der Waals surface area contributed by atoms with Crippen LogP contribution in [0.5, 0.6) is 5.75 Å². The number of aryl methyl sites for hydroxylation is 1. The Labute approximate surface area is 110 Å². The number of benzene rings is 1.